The second-order valence-corrected chi connectivity index (χ2v) is 9.31. The minimum absolute atomic E-state index is 0.671. The van der Waals surface area contributed by atoms with Crippen molar-refractivity contribution < 1.29 is 0 Å². The Morgan fingerprint density at radius 3 is 2.51 bits per heavy atom. The Labute approximate surface area is 215 Å². The number of nitriles is 1. The number of aromatic nitrogens is 4. The van der Waals surface area contributed by atoms with Crippen molar-refractivity contribution in [3.8, 4) is 23.6 Å². The number of anilines is 1. The van der Waals surface area contributed by atoms with E-state index in [1.165, 1.54) is 0 Å². The molecule has 0 N–H and O–H groups in total. The molecule has 180 valence electrons. The average molecular weight is 484 g/mol. The first kappa shape index (κ1) is 22.7. The molecule has 0 bridgehead atoms. The van der Waals surface area contributed by atoms with Crippen LogP contribution in [0.2, 0.25) is 0 Å². The molecule has 1 aliphatic heterocycles. The fourth-order valence-electron chi connectivity index (χ4n) is 4.92. The highest BCUT2D eigenvalue weighted by Crippen LogP contribution is 2.31. The molecule has 0 radical (unpaired) electrons. The summed E-state index contributed by atoms with van der Waals surface area (Å²) in [6.45, 7) is 5.79. The van der Waals surface area contributed by atoms with E-state index in [0.717, 1.165) is 76.4 Å². The van der Waals surface area contributed by atoms with Crippen LogP contribution in [0.25, 0.3) is 27.6 Å². The van der Waals surface area contributed by atoms with Crippen molar-refractivity contribution in [2.75, 3.05) is 38.1 Å². The summed E-state index contributed by atoms with van der Waals surface area (Å²) < 4.78 is 2.12. The van der Waals surface area contributed by atoms with E-state index in [2.05, 4.69) is 67.5 Å². The molecule has 4 heterocycles. The summed E-state index contributed by atoms with van der Waals surface area (Å²) in [5, 5.41) is 11.0. The van der Waals surface area contributed by atoms with E-state index in [9.17, 15) is 5.26 Å². The molecule has 0 amide bonds. The molecule has 2 aromatic carbocycles. The largest absolute Gasteiger partial charge is 0.368 e. The van der Waals surface area contributed by atoms with Gasteiger partial charge >= 0.3 is 0 Å². The van der Waals surface area contributed by atoms with Crippen LogP contribution in [0, 0.1) is 30.1 Å². The summed E-state index contributed by atoms with van der Waals surface area (Å²) in [7, 11) is 2.13. The highest BCUT2D eigenvalue weighted by molar-refractivity contribution is 6.03. The quantitative estimate of drug-likeness (QED) is 0.349. The van der Waals surface area contributed by atoms with Crippen LogP contribution in [0.4, 0.5) is 5.69 Å². The van der Waals surface area contributed by atoms with Gasteiger partial charge in [-0.2, -0.15) is 5.26 Å². The van der Waals surface area contributed by atoms with Crippen molar-refractivity contribution >= 4 is 27.6 Å². The molecule has 1 saturated heterocycles. The minimum atomic E-state index is 0.671. The molecule has 0 saturated carbocycles. The van der Waals surface area contributed by atoms with Crippen LogP contribution in [0.15, 0.2) is 67.1 Å². The van der Waals surface area contributed by atoms with Crippen molar-refractivity contribution in [2.24, 2.45) is 0 Å². The number of rotatable bonds is 2. The van der Waals surface area contributed by atoms with Gasteiger partial charge in [-0.3, -0.25) is 14.5 Å². The van der Waals surface area contributed by atoms with E-state index in [1.807, 2.05) is 43.5 Å². The lowest BCUT2D eigenvalue weighted by Gasteiger charge is -2.34. The van der Waals surface area contributed by atoms with Crippen LogP contribution < -0.4 is 4.90 Å². The zero-order valence-corrected chi connectivity index (χ0v) is 20.8. The van der Waals surface area contributed by atoms with Gasteiger partial charge in [0.05, 0.1) is 28.5 Å². The van der Waals surface area contributed by atoms with Crippen LogP contribution in [-0.2, 0) is 0 Å². The lowest BCUT2D eigenvalue weighted by Crippen LogP contribution is -2.44. The van der Waals surface area contributed by atoms with Gasteiger partial charge in [0.2, 0.25) is 0 Å². The second kappa shape index (κ2) is 9.39. The van der Waals surface area contributed by atoms with Crippen LogP contribution >= 0.6 is 0 Å². The monoisotopic (exact) mass is 483 g/mol. The molecule has 7 heteroatoms. The van der Waals surface area contributed by atoms with E-state index in [0.29, 0.717) is 5.56 Å². The molecule has 5 aromatic rings. The number of benzene rings is 2. The maximum Gasteiger partial charge on any atom is 0.111 e. The zero-order valence-electron chi connectivity index (χ0n) is 20.8. The fourth-order valence-corrected chi connectivity index (χ4v) is 4.92. The molecule has 7 nitrogen and oxygen atoms in total. The molecule has 0 spiro atoms. The van der Waals surface area contributed by atoms with E-state index >= 15 is 0 Å². The SMILES string of the molecule is Cc1nc2cnc3ccc(C#Cc4cccnc4)cc3c2n1-c1ccc(N2CCN(C)CC2)c(C#N)c1. The van der Waals surface area contributed by atoms with Crippen molar-refractivity contribution in [1.29, 1.82) is 5.26 Å². The Bertz CT molecular complexity index is 1730. The number of likely N-dealkylation sites (N-methyl/N-ethyl adjacent to an activating group) is 1. The molecule has 0 aliphatic carbocycles. The summed E-state index contributed by atoms with van der Waals surface area (Å²) >= 11 is 0. The normalized spacial score (nSPS) is 13.9. The molecular weight excluding hydrogens is 458 g/mol. The standard InChI is InChI=1S/C30H25N7/c1-21-34-28-20-33-27-9-7-22(5-6-23-4-3-11-32-19-23)16-26(27)30(28)37(21)25-8-10-29(24(17-25)18-31)36-14-12-35(2)13-15-36/h3-4,7-11,16-17,19-20H,12-15H2,1-2H3. The number of hydrogen-bond acceptors (Lipinski definition) is 6. The lowest BCUT2D eigenvalue weighted by atomic mass is 10.1. The van der Waals surface area contributed by atoms with Crippen LogP contribution in [0.1, 0.15) is 22.5 Å². The molecule has 0 atom stereocenters. The van der Waals surface area contributed by atoms with Gasteiger partial charge in [-0.05, 0) is 62.5 Å². The molecule has 6 rings (SSSR count). The minimum Gasteiger partial charge on any atom is -0.368 e. The summed E-state index contributed by atoms with van der Waals surface area (Å²) in [5.41, 5.74) is 6.96. The number of nitrogens with zero attached hydrogens (tertiary/aromatic N) is 7. The number of piperazine rings is 1. The highest BCUT2D eigenvalue weighted by Gasteiger charge is 2.19. The average Bonchev–Trinajstić information content (AvgIpc) is 3.29. The van der Waals surface area contributed by atoms with Gasteiger partial charge < -0.3 is 9.80 Å². The van der Waals surface area contributed by atoms with Crippen LogP contribution in [-0.4, -0.2) is 57.6 Å². The predicted molar refractivity (Wildman–Crippen MR) is 146 cm³/mol. The Morgan fingerprint density at radius 2 is 1.73 bits per heavy atom. The molecule has 0 unspecified atom stereocenters. The molecule has 37 heavy (non-hydrogen) atoms. The first-order chi connectivity index (χ1) is 18.1. The number of aryl methyl sites for hydroxylation is 1. The van der Waals surface area contributed by atoms with Crippen molar-refractivity contribution in [3.05, 3.63) is 89.6 Å². The molecule has 1 aliphatic rings. The van der Waals surface area contributed by atoms with Gasteiger partial charge in [0, 0.05) is 60.8 Å². The lowest BCUT2D eigenvalue weighted by molar-refractivity contribution is 0.313. The van der Waals surface area contributed by atoms with Crippen molar-refractivity contribution in [1.82, 2.24) is 24.4 Å². The molecular formula is C30H25N7. The smallest absolute Gasteiger partial charge is 0.111 e. The summed E-state index contributed by atoms with van der Waals surface area (Å²) in [5.74, 6) is 7.27. The summed E-state index contributed by atoms with van der Waals surface area (Å²) in [6, 6.07) is 18.4. The molecule has 3 aromatic heterocycles. The third kappa shape index (κ3) is 4.27. The van der Waals surface area contributed by atoms with Gasteiger partial charge in [0.15, 0.2) is 0 Å². The Balaban J connectivity index is 1.47. The van der Waals surface area contributed by atoms with Gasteiger partial charge in [-0.15, -0.1) is 0 Å². The van der Waals surface area contributed by atoms with Gasteiger partial charge in [-0.1, -0.05) is 11.8 Å². The van der Waals surface area contributed by atoms with Gasteiger partial charge in [0.25, 0.3) is 0 Å². The highest BCUT2D eigenvalue weighted by atomic mass is 15.2. The maximum atomic E-state index is 10.0. The van der Waals surface area contributed by atoms with Crippen LogP contribution in [0.3, 0.4) is 0 Å². The predicted octanol–water partition coefficient (Wildman–Crippen LogP) is 4.30. The van der Waals surface area contributed by atoms with E-state index in [1.54, 1.807) is 12.4 Å². The van der Waals surface area contributed by atoms with Crippen LogP contribution in [0.5, 0.6) is 0 Å². The van der Waals surface area contributed by atoms with E-state index in [-0.39, 0.29) is 0 Å². The summed E-state index contributed by atoms with van der Waals surface area (Å²) in [6.07, 6.45) is 5.30. The Hall–Kier alpha value is -4.72. The number of imidazole rings is 1. The molecule has 1 fully saturated rings. The number of hydrogen-bond donors (Lipinski definition) is 0. The second-order valence-electron chi connectivity index (χ2n) is 9.31. The van der Waals surface area contributed by atoms with E-state index < -0.39 is 0 Å². The zero-order chi connectivity index (χ0) is 25.4. The first-order valence-corrected chi connectivity index (χ1v) is 12.3. The third-order valence-corrected chi connectivity index (χ3v) is 6.87. The van der Waals surface area contributed by atoms with Crippen molar-refractivity contribution in [3.63, 3.8) is 0 Å². The Morgan fingerprint density at radius 1 is 0.892 bits per heavy atom. The first-order valence-electron chi connectivity index (χ1n) is 12.3. The summed E-state index contributed by atoms with van der Waals surface area (Å²) in [4.78, 5) is 18.2. The number of fused-ring (bicyclic) bond motifs is 3. The van der Waals surface area contributed by atoms with Gasteiger partial charge in [0.1, 0.15) is 17.4 Å². The van der Waals surface area contributed by atoms with E-state index in [4.69, 9.17) is 4.98 Å². The topological polar surface area (TPSA) is 73.9 Å². The number of pyridine rings is 2. The van der Waals surface area contributed by atoms with Gasteiger partial charge in [-0.25, -0.2) is 4.98 Å². The van der Waals surface area contributed by atoms with Crippen molar-refractivity contribution in [2.45, 2.75) is 6.92 Å². The fraction of sp³-hybridized carbons (Fsp3) is 0.200. The maximum absolute atomic E-state index is 10.0. The third-order valence-electron chi connectivity index (χ3n) is 6.87. The Kier molecular flexibility index (Phi) is 5.76.